The lowest BCUT2D eigenvalue weighted by atomic mass is 9.76. The van der Waals surface area contributed by atoms with Crippen LogP contribution in [0.15, 0.2) is 66.7 Å². The lowest BCUT2D eigenvalue weighted by Crippen LogP contribution is -2.14. The van der Waals surface area contributed by atoms with Crippen LogP contribution in [-0.2, 0) is 6.42 Å². The summed E-state index contributed by atoms with van der Waals surface area (Å²) >= 11 is 0. The van der Waals surface area contributed by atoms with Crippen LogP contribution in [-0.4, -0.2) is 0 Å². The van der Waals surface area contributed by atoms with Gasteiger partial charge in [0, 0.05) is 16.5 Å². The first-order valence-electron chi connectivity index (χ1n) is 14.6. The molecule has 0 radical (unpaired) electrons. The van der Waals surface area contributed by atoms with Gasteiger partial charge in [0.05, 0.1) is 0 Å². The molecule has 37 heavy (non-hydrogen) atoms. The Hall–Kier alpha value is -2.85. The molecular formula is C36H43F. The zero-order chi connectivity index (χ0) is 25.9. The molecule has 3 aromatic rings. The molecule has 0 aliphatic heterocycles. The van der Waals surface area contributed by atoms with Gasteiger partial charge < -0.3 is 0 Å². The molecule has 0 aromatic heterocycles. The third kappa shape index (κ3) is 7.82. The highest BCUT2D eigenvalue weighted by atomic mass is 19.1. The van der Waals surface area contributed by atoms with Crippen LogP contribution in [0.3, 0.4) is 0 Å². The minimum Gasteiger partial charge on any atom is -0.206 e. The van der Waals surface area contributed by atoms with Crippen molar-refractivity contribution in [3.05, 3.63) is 94.8 Å². The molecule has 0 spiro atoms. The fourth-order valence-electron chi connectivity index (χ4n) is 5.82. The number of halogens is 1. The van der Waals surface area contributed by atoms with Crippen molar-refractivity contribution in [3.63, 3.8) is 0 Å². The van der Waals surface area contributed by atoms with Gasteiger partial charge in [-0.05, 0) is 98.1 Å². The standard InChI is InChI=1S/C36H43F/c1-3-5-7-8-10-12-29-19-22-32(23-20-29)34-26-24-33-27-31(21-25-35(33)36(34)37)18-17-30-15-13-28(14-16-30)11-9-6-4-2/h4,6,13-16,21,24-27,29,32H,3,5,7-12,19-20,22-23H2,1-2H3/b6-4+. The number of benzene rings is 3. The number of allylic oxidation sites excluding steroid dienone is 2. The molecule has 194 valence electrons. The van der Waals surface area contributed by atoms with Crippen molar-refractivity contribution < 1.29 is 4.39 Å². The smallest absolute Gasteiger partial charge is 0.134 e. The summed E-state index contributed by atoms with van der Waals surface area (Å²) in [5.74, 6) is 7.73. The van der Waals surface area contributed by atoms with Gasteiger partial charge in [0.15, 0.2) is 0 Å². The van der Waals surface area contributed by atoms with Crippen molar-refractivity contribution in [2.75, 3.05) is 0 Å². The van der Waals surface area contributed by atoms with Crippen molar-refractivity contribution >= 4 is 10.8 Å². The van der Waals surface area contributed by atoms with Crippen LogP contribution in [0, 0.1) is 23.6 Å². The molecule has 1 aliphatic carbocycles. The van der Waals surface area contributed by atoms with E-state index in [2.05, 4.69) is 68.2 Å². The molecule has 4 rings (SSSR count). The normalized spacial score (nSPS) is 17.7. The van der Waals surface area contributed by atoms with Gasteiger partial charge in [0.1, 0.15) is 5.82 Å². The van der Waals surface area contributed by atoms with E-state index in [0.29, 0.717) is 5.92 Å². The summed E-state index contributed by atoms with van der Waals surface area (Å²) in [5.41, 5.74) is 4.18. The molecule has 0 amide bonds. The summed E-state index contributed by atoms with van der Waals surface area (Å²) in [4.78, 5) is 0. The Bertz CT molecular complexity index is 1210. The Morgan fingerprint density at radius 3 is 2.32 bits per heavy atom. The Morgan fingerprint density at radius 1 is 0.838 bits per heavy atom. The first-order valence-corrected chi connectivity index (χ1v) is 14.6. The topological polar surface area (TPSA) is 0 Å². The second-order valence-electron chi connectivity index (χ2n) is 10.9. The zero-order valence-corrected chi connectivity index (χ0v) is 22.9. The van der Waals surface area contributed by atoms with Gasteiger partial charge in [-0.3, -0.25) is 0 Å². The average Bonchev–Trinajstić information content (AvgIpc) is 2.93. The summed E-state index contributed by atoms with van der Waals surface area (Å²) < 4.78 is 15.6. The van der Waals surface area contributed by atoms with E-state index in [9.17, 15) is 0 Å². The summed E-state index contributed by atoms with van der Waals surface area (Å²) in [6, 6.07) is 18.5. The molecule has 1 fully saturated rings. The van der Waals surface area contributed by atoms with E-state index in [4.69, 9.17) is 0 Å². The first kappa shape index (κ1) is 27.2. The molecule has 0 atom stereocenters. The average molecular weight is 495 g/mol. The first-order chi connectivity index (χ1) is 18.2. The van der Waals surface area contributed by atoms with Crippen LogP contribution in [0.1, 0.15) is 113 Å². The maximum atomic E-state index is 15.6. The van der Waals surface area contributed by atoms with Crippen LogP contribution in [0.4, 0.5) is 4.39 Å². The van der Waals surface area contributed by atoms with Crippen LogP contribution >= 0.6 is 0 Å². The van der Waals surface area contributed by atoms with E-state index in [1.54, 1.807) is 0 Å². The van der Waals surface area contributed by atoms with E-state index in [1.165, 1.54) is 56.9 Å². The van der Waals surface area contributed by atoms with E-state index in [-0.39, 0.29) is 5.82 Å². The van der Waals surface area contributed by atoms with Crippen LogP contribution in [0.5, 0.6) is 0 Å². The summed E-state index contributed by atoms with van der Waals surface area (Å²) in [6.45, 7) is 4.33. The number of unbranched alkanes of at least 4 members (excludes halogenated alkanes) is 4. The lowest BCUT2D eigenvalue weighted by Gasteiger charge is -2.29. The van der Waals surface area contributed by atoms with Gasteiger partial charge in [0.25, 0.3) is 0 Å². The molecule has 1 saturated carbocycles. The molecule has 0 nitrogen and oxygen atoms in total. The van der Waals surface area contributed by atoms with Crippen molar-refractivity contribution in [1.82, 2.24) is 0 Å². The molecule has 0 heterocycles. The van der Waals surface area contributed by atoms with Crippen LogP contribution < -0.4 is 0 Å². The summed E-state index contributed by atoms with van der Waals surface area (Å²) in [7, 11) is 0. The maximum absolute atomic E-state index is 15.6. The van der Waals surface area contributed by atoms with Gasteiger partial charge in [0.2, 0.25) is 0 Å². The SMILES string of the molecule is C/C=C/CCc1ccc(C#Cc2ccc3c(F)c(C4CCC(CCCCCCC)CC4)ccc3c2)cc1. The predicted molar refractivity (Wildman–Crippen MR) is 158 cm³/mol. The number of hydrogen-bond donors (Lipinski definition) is 0. The minimum atomic E-state index is -0.0199. The molecule has 1 aliphatic rings. The predicted octanol–water partition coefficient (Wildman–Crippen LogP) is 10.5. The quantitative estimate of drug-likeness (QED) is 0.149. The van der Waals surface area contributed by atoms with E-state index in [0.717, 1.165) is 59.1 Å². The van der Waals surface area contributed by atoms with E-state index >= 15 is 4.39 Å². The second-order valence-corrected chi connectivity index (χ2v) is 10.9. The largest absolute Gasteiger partial charge is 0.206 e. The Kier molecular flexibility index (Phi) is 10.4. The van der Waals surface area contributed by atoms with E-state index in [1.807, 2.05) is 24.3 Å². The van der Waals surface area contributed by atoms with Gasteiger partial charge in [-0.1, -0.05) is 99.8 Å². The molecule has 0 N–H and O–H groups in total. The van der Waals surface area contributed by atoms with Crippen molar-refractivity contribution in [1.29, 1.82) is 0 Å². The van der Waals surface area contributed by atoms with Gasteiger partial charge >= 0.3 is 0 Å². The fraction of sp³-hybridized carbons (Fsp3) is 0.444. The highest BCUT2D eigenvalue weighted by Crippen LogP contribution is 2.40. The third-order valence-electron chi connectivity index (χ3n) is 8.13. The molecular weight excluding hydrogens is 451 g/mol. The highest BCUT2D eigenvalue weighted by molar-refractivity contribution is 5.85. The minimum absolute atomic E-state index is 0.0199. The zero-order valence-electron chi connectivity index (χ0n) is 22.9. The summed E-state index contributed by atoms with van der Waals surface area (Å²) in [6.07, 6.45) is 19.3. The molecule has 0 unspecified atom stereocenters. The maximum Gasteiger partial charge on any atom is 0.134 e. The Morgan fingerprint density at radius 2 is 1.57 bits per heavy atom. The van der Waals surface area contributed by atoms with Crippen molar-refractivity contribution in [2.24, 2.45) is 5.92 Å². The van der Waals surface area contributed by atoms with Crippen LogP contribution in [0.25, 0.3) is 10.8 Å². The number of hydrogen-bond acceptors (Lipinski definition) is 0. The second kappa shape index (κ2) is 14.2. The fourth-order valence-corrected chi connectivity index (χ4v) is 5.82. The molecule has 0 saturated heterocycles. The monoisotopic (exact) mass is 494 g/mol. The van der Waals surface area contributed by atoms with Gasteiger partial charge in [-0.2, -0.15) is 0 Å². The van der Waals surface area contributed by atoms with Gasteiger partial charge in [-0.25, -0.2) is 4.39 Å². The molecule has 0 bridgehead atoms. The number of aryl methyl sites for hydroxylation is 1. The Labute approximate surface area is 224 Å². The molecule has 3 aromatic carbocycles. The Balaban J connectivity index is 1.36. The van der Waals surface area contributed by atoms with Crippen molar-refractivity contribution in [3.8, 4) is 11.8 Å². The van der Waals surface area contributed by atoms with Crippen molar-refractivity contribution in [2.45, 2.75) is 96.8 Å². The number of rotatable bonds is 10. The lowest BCUT2D eigenvalue weighted by molar-refractivity contribution is 0.299. The highest BCUT2D eigenvalue weighted by Gasteiger charge is 2.24. The molecule has 1 heteroatoms. The summed E-state index contributed by atoms with van der Waals surface area (Å²) in [5, 5.41) is 1.67. The van der Waals surface area contributed by atoms with E-state index < -0.39 is 0 Å². The van der Waals surface area contributed by atoms with Gasteiger partial charge in [-0.15, -0.1) is 0 Å². The van der Waals surface area contributed by atoms with Crippen LogP contribution in [0.2, 0.25) is 0 Å². The third-order valence-corrected chi connectivity index (χ3v) is 8.13. The number of fused-ring (bicyclic) bond motifs is 1.